The Labute approximate surface area is 252 Å². The summed E-state index contributed by atoms with van der Waals surface area (Å²) in [4.78, 5) is 34.2. The standard InChI is InChI=1S/C28H31F2N9O4S/c1-35-24-22-16-20(23-4-3-12-43-23)34-39(22)27(31)33-25(24)38(28(35)41)11-8-36-6-9-37(10-7-36)21-14-17(18(29)15-19(21)30)26(40)32-5-13-44(2)42/h3-4,12,14-16H,5-11,13H2,1-2H3,(H2,31,33)(H,32,40)/t44-/m0/s1. The summed E-state index contributed by atoms with van der Waals surface area (Å²) in [5.74, 6) is -1.47. The molecule has 6 rings (SSSR count). The number of amides is 1. The van der Waals surface area contributed by atoms with Crippen LogP contribution in [0, 0.1) is 11.6 Å². The normalized spacial score (nSPS) is 15.0. The number of furan rings is 1. The van der Waals surface area contributed by atoms with E-state index in [4.69, 9.17) is 10.2 Å². The first-order valence-electron chi connectivity index (χ1n) is 13.9. The summed E-state index contributed by atoms with van der Waals surface area (Å²) in [7, 11) is 0.565. The van der Waals surface area contributed by atoms with Crippen LogP contribution in [0.25, 0.3) is 28.1 Å². The number of carbonyl (C=O) groups is 1. The van der Waals surface area contributed by atoms with Gasteiger partial charge in [0.25, 0.3) is 5.91 Å². The van der Waals surface area contributed by atoms with Crippen molar-refractivity contribution in [3.63, 3.8) is 0 Å². The highest BCUT2D eigenvalue weighted by atomic mass is 32.2. The van der Waals surface area contributed by atoms with Crippen molar-refractivity contribution in [1.82, 2.24) is 33.9 Å². The summed E-state index contributed by atoms with van der Waals surface area (Å²) < 4.78 is 50.5. The Morgan fingerprint density at radius 2 is 1.91 bits per heavy atom. The lowest BCUT2D eigenvalue weighted by atomic mass is 10.1. The molecule has 4 aromatic heterocycles. The Hall–Kier alpha value is -4.57. The fraction of sp³-hybridized carbons (Fsp3) is 0.357. The first-order chi connectivity index (χ1) is 21.1. The van der Waals surface area contributed by atoms with Crippen LogP contribution in [0.15, 0.2) is 45.8 Å². The molecule has 1 atom stereocenters. The van der Waals surface area contributed by atoms with Gasteiger partial charge < -0.3 is 20.4 Å². The van der Waals surface area contributed by atoms with E-state index < -0.39 is 28.3 Å². The quantitative estimate of drug-likeness (QED) is 0.248. The van der Waals surface area contributed by atoms with Gasteiger partial charge in [-0.25, -0.2) is 13.6 Å². The number of nitrogen functional groups attached to an aromatic ring is 1. The summed E-state index contributed by atoms with van der Waals surface area (Å²) in [6.07, 6.45) is 3.06. The molecule has 1 amide bonds. The van der Waals surface area contributed by atoms with E-state index in [1.807, 2.05) is 0 Å². The molecule has 1 aliphatic rings. The molecule has 0 radical (unpaired) electrons. The summed E-state index contributed by atoms with van der Waals surface area (Å²) in [5, 5.41) is 7.03. The third-order valence-electron chi connectivity index (χ3n) is 7.79. The minimum Gasteiger partial charge on any atom is -0.463 e. The predicted octanol–water partition coefficient (Wildman–Crippen LogP) is 1.43. The van der Waals surface area contributed by atoms with E-state index in [9.17, 15) is 22.6 Å². The van der Waals surface area contributed by atoms with Gasteiger partial charge in [-0.05, 0) is 24.3 Å². The molecule has 44 heavy (non-hydrogen) atoms. The fourth-order valence-corrected chi connectivity index (χ4v) is 5.87. The second-order valence-electron chi connectivity index (χ2n) is 10.6. The maximum atomic E-state index is 14.8. The number of carbonyl (C=O) groups excluding carboxylic acids is 1. The molecule has 0 spiro atoms. The molecule has 1 aliphatic heterocycles. The van der Waals surface area contributed by atoms with Crippen LogP contribution in [-0.4, -0.2) is 90.0 Å². The molecule has 13 nitrogen and oxygen atoms in total. The van der Waals surface area contributed by atoms with Crippen LogP contribution in [-0.2, 0) is 24.4 Å². The lowest BCUT2D eigenvalue weighted by Gasteiger charge is -2.36. The van der Waals surface area contributed by atoms with Gasteiger partial charge in [0.2, 0.25) is 5.95 Å². The molecule has 1 saturated heterocycles. The fourth-order valence-electron chi connectivity index (χ4n) is 5.48. The Bertz CT molecular complexity index is 1940. The smallest absolute Gasteiger partial charge is 0.330 e. The Balaban J connectivity index is 1.16. The summed E-state index contributed by atoms with van der Waals surface area (Å²) in [6.45, 7) is 2.95. The number of aryl methyl sites for hydroxylation is 1. The van der Waals surface area contributed by atoms with E-state index in [2.05, 4.69) is 20.3 Å². The highest BCUT2D eigenvalue weighted by Gasteiger charge is 2.25. The summed E-state index contributed by atoms with van der Waals surface area (Å²) in [5.41, 5.74) is 8.09. The summed E-state index contributed by atoms with van der Waals surface area (Å²) >= 11 is 0. The molecule has 232 valence electrons. The number of benzene rings is 1. The molecule has 5 heterocycles. The van der Waals surface area contributed by atoms with E-state index in [-0.39, 0.29) is 35.2 Å². The highest BCUT2D eigenvalue weighted by molar-refractivity contribution is 7.84. The third kappa shape index (κ3) is 5.45. The Kier molecular flexibility index (Phi) is 7.94. The average molecular weight is 628 g/mol. The van der Waals surface area contributed by atoms with Crippen LogP contribution in [0.2, 0.25) is 0 Å². The molecule has 5 aromatic rings. The van der Waals surface area contributed by atoms with E-state index in [0.717, 1.165) is 6.07 Å². The zero-order chi connectivity index (χ0) is 31.1. The van der Waals surface area contributed by atoms with E-state index in [1.165, 1.54) is 21.4 Å². The van der Waals surface area contributed by atoms with E-state index in [0.29, 0.717) is 67.4 Å². The number of piperazine rings is 1. The Morgan fingerprint density at radius 3 is 2.61 bits per heavy atom. The number of hydrogen-bond donors (Lipinski definition) is 2. The van der Waals surface area contributed by atoms with Crippen molar-refractivity contribution in [2.45, 2.75) is 6.54 Å². The lowest BCUT2D eigenvalue weighted by molar-refractivity contribution is 0.0952. The SMILES string of the molecule is Cn1c(=O)n(CCN2CCN(c3cc(C(=O)NCC[S@](C)=O)c(F)cc3F)CC2)c2nc(N)n3nc(-c4ccco4)cc3c21. The molecule has 3 N–H and O–H groups in total. The van der Waals surface area contributed by atoms with Crippen molar-refractivity contribution in [2.75, 3.05) is 61.9 Å². The highest BCUT2D eigenvalue weighted by Crippen LogP contribution is 2.27. The monoisotopic (exact) mass is 627 g/mol. The van der Waals surface area contributed by atoms with Crippen LogP contribution in [0.5, 0.6) is 0 Å². The van der Waals surface area contributed by atoms with Crippen molar-refractivity contribution in [2.24, 2.45) is 7.05 Å². The molecule has 0 aliphatic carbocycles. The predicted molar refractivity (Wildman–Crippen MR) is 162 cm³/mol. The van der Waals surface area contributed by atoms with Crippen LogP contribution >= 0.6 is 0 Å². The molecule has 0 saturated carbocycles. The minimum absolute atomic E-state index is 0.119. The number of nitrogens with one attached hydrogen (secondary N) is 1. The zero-order valence-electron chi connectivity index (χ0n) is 24.1. The van der Waals surface area contributed by atoms with Gasteiger partial charge in [-0.2, -0.15) is 14.6 Å². The Morgan fingerprint density at radius 1 is 1.14 bits per heavy atom. The van der Waals surface area contributed by atoms with Gasteiger partial charge in [0.1, 0.15) is 22.8 Å². The van der Waals surface area contributed by atoms with Gasteiger partial charge in [-0.1, -0.05) is 0 Å². The van der Waals surface area contributed by atoms with Gasteiger partial charge in [0.05, 0.1) is 23.0 Å². The van der Waals surface area contributed by atoms with Crippen molar-refractivity contribution >= 4 is 45.0 Å². The van der Waals surface area contributed by atoms with Crippen LogP contribution in [0.3, 0.4) is 0 Å². The lowest BCUT2D eigenvalue weighted by Crippen LogP contribution is -2.48. The van der Waals surface area contributed by atoms with Gasteiger partial charge in [-0.3, -0.25) is 23.0 Å². The molecular formula is C28H31F2N9O4S. The third-order valence-corrected chi connectivity index (χ3v) is 8.57. The molecule has 0 bridgehead atoms. The number of aromatic nitrogens is 5. The van der Waals surface area contributed by atoms with Crippen LogP contribution in [0.4, 0.5) is 20.4 Å². The van der Waals surface area contributed by atoms with Crippen LogP contribution in [0.1, 0.15) is 10.4 Å². The second-order valence-corrected chi connectivity index (χ2v) is 12.1. The maximum absolute atomic E-state index is 14.8. The minimum atomic E-state index is -1.11. The molecule has 0 unspecified atom stereocenters. The van der Waals surface area contributed by atoms with Gasteiger partial charge >= 0.3 is 5.69 Å². The molecular weight excluding hydrogens is 596 g/mol. The number of nitrogens with two attached hydrogens (primary N) is 1. The van der Waals surface area contributed by atoms with Crippen molar-refractivity contribution in [3.8, 4) is 11.5 Å². The van der Waals surface area contributed by atoms with Gasteiger partial charge in [0, 0.05) is 81.7 Å². The van der Waals surface area contributed by atoms with Gasteiger partial charge in [0.15, 0.2) is 11.4 Å². The number of nitrogens with zero attached hydrogens (tertiary/aromatic N) is 7. The summed E-state index contributed by atoms with van der Waals surface area (Å²) in [6, 6.07) is 7.29. The van der Waals surface area contributed by atoms with Crippen molar-refractivity contribution in [3.05, 3.63) is 64.3 Å². The number of rotatable bonds is 9. The maximum Gasteiger partial charge on any atom is 0.330 e. The first-order valence-corrected chi connectivity index (χ1v) is 15.7. The number of imidazole rings is 1. The molecule has 1 fully saturated rings. The number of halogens is 2. The first kappa shape index (κ1) is 29.5. The topological polar surface area (TPSA) is 149 Å². The number of anilines is 2. The van der Waals surface area contributed by atoms with Gasteiger partial charge in [-0.15, -0.1) is 0 Å². The number of hydrogen-bond acceptors (Lipinski definition) is 9. The molecule has 1 aromatic carbocycles. The number of fused-ring (bicyclic) bond motifs is 3. The van der Waals surface area contributed by atoms with E-state index >= 15 is 0 Å². The zero-order valence-corrected chi connectivity index (χ0v) is 24.9. The van der Waals surface area contributed by atoms with Crippen LogP contribution < -0.4 is 21.6 Å². The average Bonchev–Trinajstić information content (AvgIpc) is 3.72. The van der Waals surface area contributed by atoms with Crippen molar-refractivity contribution in [1.29, 1.82) is 0 Å². The largest absolute Gasteiger partial charge is 0.463 e. The van der Waals surface area contributed by atoms with E-state index in [1.54, 1.807) is 41.0 Å². The molecule has 16 heteroatoms. The van der Waals surface area contributed by atoms with Crippen molar-refractivity contribution < 1.29 is 22.2 Å². The second kappa shape index (κ2) is 11.8.